The molecule has 0 aliphatic carbocycles. The van der Waals surface area contributed by atoms with Gasteiger partial charge < -0.3 is 15.0 Å². The average molecular weight is 510 g/mol. The molecule has 190 valence electrons. The molecule has 0 aromatic heterocycles. The maximum absolute atomic E-state index is 13.7. The molecule has 0 aliphatic rings. The first-order valence-corrected chi connectivity index (χ1v) is 13.0. The zero-order chi connectivity index (χ0) is 26.1. The van der Waals surface area contributed by atoms with E-state index in [4.69, 9.17) is 4.74 Å². The Labute approximate surface area is 212 Å². The number of anilines is 1. The average Bonchev–Trinajstić information content (AvgIpc) is 2.92. The fraction of sp³-hybridized carbons (Fsp3) is 0.259. The number of carbonyl (C=O) groups excluding carboxylic acids is 2. The van der Waals surface area contributed by atoms with Gasteiger partial charge in [-0.2, -0.15) is 0 Å². The summed E-state index contributed by atoms with van der Waals surface area (Å²) in [6.07, 6.45) is 0.518. The SMILES string of the molecule is CNC(=O)[C@@H](C)N(CCc1ccccc1)C(=O)CN(c1ccccc1)S(=O)(=O)c1ccc(OC)cc1. The van der Waals surface area contributed by atoms with Gasteiger partial charge in [0.25, 0.3) is 10.0 Å². The van der Waals surface area contributed by atoms with Crippen molar-refractivity contribution in [3.05, 3.63) is 90.5 Å². The van der Waals surface area contributed by atoms with E-state index >= 15 is 0 Å². The molecule has 0 spiro atoms. The van der Waals surface area contributed by atoms with Crippen molar-refractivity contribution in [2.45, 2.75) is 24.3 Å². The number of likely N-dealkylation sites (N-methyl/N-ethyl adjacent to an activating group) is 1. The molecule has 0 aliphatic heterocycles. The first-order chi connectivity index (χ1) is 17.3. The summed E-state index contributed by atoms with van der Waals surface area (Å²) in [4.78, 5) is 27.5. The number of hydrogen-bond donors (Lipinski definition) is 1. The Morgan fingerprint density at radius 3 is 2.06 bits per heavy atom. The van der Waals surface area contributed by atoms with Crippen LogP contribution in [0, 0.1) is 0 Å². The molecule has 0 bridgehead atoms. The smallest absolute Gasteiger partial charge is 0.264 e. The van der Waals surface area contributed by atoms with E-state index in [2.05, 4.69) is 5.32 Å². The van der Waals surface area contributed by atoms with Crippen LogP contribution in [0.2, 0.25) is 0 Å². The quantitative estimate of drug-likeness (QED) is 0.429. The van der Waals surface area contributed by atoms with Crippen LogP contribution in [0.3, 0.4) is 0 Å². The predicted molar refractivity (Wildman–Crippen MR) is 139 cm³/mol. The van der Waals surface area contributed by atoms with Crippen LogP contribution in [-0.2, 0) is 26.0 Å². The van der Waals surface area contributed by atoms with Crippen molar-refractivity contribution in [2.75, 3.05) is 31.6 Å². The zero-order valence-electron chi connectivity index (χ0n) is 20.6. The molecule has 3 rings (SSSR count). The molecule has 3 aromatic rings. The van der Waals surface area contributed by atoms with Crippen molar-refractivity contribution in [3.63, 3.8) is 0 Å². The molecule has 8 nitrogen and oxygen atoms in total. The van der Waals surface area contributed by atoms with Gasteiger partial charge in [-0.3, -0.25) is 13.9 Å². The molecule has 0 radical (unpaired) electrons. The summed E-state index contributed by atoms with van der Waals surface area (Å²) in [6.45, 7) is 1.42. The lowest BCUT2D eigenvalue weighted by Gasteiger charge is -2.31. The highest BCUT2D eigenvalue weighted by Gasteiger charge is 2.32. The maximum Gasteiger partial charge on any atom is 0.264 e. The summed E-state index contributed by atoms with van der Waals surface area (Å²) < 4.78 is 33.5. The summed E-state index contributed by atoms with van der Waals surface area (Å²) in [5.74, 6) is -0.300. The second kappa shape index (κ2) is 12.2. The molecule has 36 heavy (non-hydrogen) atoms. The number of benzene rings is 3. The van der Waals surface area contributed by atoms with Crippen molar-refractivity contribution in [1.82, 2.24) is 10.2 Å². The number of sulfonamides is 1. The molecule has 1 atom stereocenters. The molecule has 0 saturated heterocycles. The first kappa shape index (κ1) is 26.7. The summed E-state index contributed by atoms with van der Waals surface area (Å²) in [5.41, 5.74) is 1.35. The van der Waals surface area contributed by atoms with Crippen molar-refractivity contribution in [3.8, 4) is 5.75 Å². The molecule has 2 amide bonds. The number of methoxy groups -OCH3 is 1. The highest BCUT2D eigenvalue weighted by molar-refractivity contribution is 7.92. The lowest BCUT2D eigenvalue weighted by atomic mass is 10.1. The Kier molecular flexibility index (Phi) is 9.08. The van der Waals surface area contributed by atoms with Crippen molar-refractivity contribution in [2.24, 2.45) is 0 Å². The van der Waals surface area contributed by atoms with Crippen LogP contribution >= 0.6 is 0 Å². The van der Waals surface area contributed by atoms with Gasteiger partial charge >= 0.3 is 0 Å². The number of para-hydroxylation sites is 1. The van der Waals surface area contributed by atoms with Gasteiger partial charge in [-0.1, -0.05) is 48.5 Å². The molecule has 3 aromatic carbocycles. The molecular weight excluding hydrogens is 478 g/mol. The minimum atomic E-state index is -4.10. The van der Waals surface area contributed by atoms with Crippen molar-refractivity contribution >= 4 is 27.5 Å². The van der Waals surface area contributed by atoms with Gasteiger partial charge in [0.1, 0.15) is 18.3 Å². The largest absolute Gasteiger partial charge is 0.497 e. The Bertz CT molecular complexity index is 1250. The maximum atomic E-state index is 13.7. The topological polar surface area (TPSA) is 96.0 Å². The minimum Gasteiger partial charge on any atom is -0.497 e. The number of nitrogens with one attached hydrogen (secondary N) is 1. The molecule has 1 N–H and O–H groups in total. The standard InChI is InChI=1S/C27H31N3O5S/c1-21(27(32)28-2)29(19-18-22-10-6-4-7-11-22)26(31)20-30(23-12-8-5-9-13-23)36(33,34)25-16-14-24(35-3)15-17-25/h4-17,21H,18-20H2,1-3H3,(H,28,32)/t21-/m1/s1. The monoisotopic (exact) mass is 509 g/mol. The number of amides is 2. The summed E-state index contributed by atoms with van der Waals surface area (Å²) in [7, 11) is -1.10. The Hall–Kier alpha value is -3.85. The van der Waals surface area contributed by atoms with Crippen LogP contribution in [0.15, 0.2) is 89.8 Å². The number of nitrogens with zero attached hydrogens (tertiary/aromatic N) is 2. The second-order valence-electron chi connectivity index (χ2n) is 8.14. The van der Waals surface area contributed by atoms with E-state index in [0.717, 1.165) is 9.87 Å². The van der Waals surface area contributed by atoms with E-state index < -0.39 is 28.5 Å². The Balaban J connectivity index is 1.94. The van der Waals surface area contributed by atoms with Gasteiger partial charge in [0.2, 0.25) is 11.8 Å². The van der Waals surface area contributed by atoms with Crippen LogP contribution in [0.25, 0.3) is 0 Å². The van der Waals surface area contributed by atoms with Crippen LogP contribution in [0.1, 0.15) is 12.5 Å². The van der Waals surface area contributed by atoms with E-state index in [1.165, 1.54) is 31.2 Å². The van der Waals surface area contributed by atoms with Gasteiger partial charge in [-0.05, 0) is 55.3 Å². The first-order valence-electron chi connectivity index (χ1n) is 11.5. The summed E-state index contributed by atoms with van der Waals surface area (Å²) in [5, 5.41) is 2.57. The molecule has 9 heteroatoms. The second-order valence-corrected chi connectivity index (χ2v) is 10.00. The van der Waals surface area contributed by atoms with Crippen LogP contribution in [-0.4, -0.2) is 58.4 Å². The van der Waals surface area contributed by atoms with Crippen LogP contribution in [0.4, 0.5) is 5.69 Å². The third-order valence-electron chi connectivity index (χ3n) is 5.87. The van der Waals surface area contributed by atoms with Gasteiger partial charge in [-0.25, -0.2) is 8.42 Å². The van der Waals surface area contributed by atoms with Gasteiger partial charge in [-0.15, -0.1) is 0 Å². The predicted octanol–water partition coefficient (Wildman–Crippen LogP) is 3.10. The van der Waals surface area contributed by atoms with Crippen LogP contribution < -0.4 is 14.4 Å². The molecule has 0 fully saturated rings. The number of ether oxygens (including phenoxy) is 1. The number of hydrogen-bond acceptors (Lipinski definition) is 5. The van der Waals surface area contributed by atoms with Gasteiger partial charge in [0.05, 0.1) is 17.7 Å². The third kappa shape index (κ3) is 6.42. The third-order valence-corrected chi connectivity index (χ3v) is 7.66. The minimum absolute atomic E-state index is 0.0233. The Morgan fingerprint density at radius 1 is 0.917 bits per heavy atom. The Morgan fingerprint density at radius 2 is 1.50 bits per heavy atom. The molecule has 0 unspecified atom stereocenters. The van der Waals surface area contributed by atoms with E-state index in [-0.39, 0.29) is 17.3 Å². The van der Waals surface area contributed by atoms with E-state index in [0.29, 0.717) is 17.9 Å². The van der Waals surface area contributed by atoms with Crippen molar-refractivity contribution in [1.29, 1.82) is 0 Å². The normalized spacial score (nSPS) is 11.9. The van der Waals surface area contributed by atoms with Gasteiger partial charge in [0, 0.05) is 13.6 Å². The van der Waals surface area contributed by atoms with Crippen molar-refractivity contribution < 1.29 is 22.7 Å². The molecule has 0 heterocycles. The number of rotatable bonds is 11. The van der Waals surface area contributed by atoms with E-state index in [1.807, 2.05) is 30.3 Å². The molecular formula is C27H31N3O5S. The summed E-state index contributed by atoms with van der Waals surface area (Å²) >= 11 is 0. The van der Waals surface area contributed by atoms with E-state index in [9.17, 15) is 18.0 Å². The fourth-order valence-electron chi connectivity index (χ4n) is 3.78. The van der Waals surface area contributed by atoms with Crippen LogP contribution in [0.5, 0.6) is 5.75 Å². The highest BCUT2D eigenvalue weighted by atomic mass is 32.2. The zero-order valence-corrected chi connectivity index (χ0v) is 21.4. The fourth-order valence-corrected chi connectivity index (χ4v) is 5.19. The molecule has 0 saturated carbocycles. The lowest BCUT2D eigenvalue weighted by Crippen LogP contribution is -2.51. The summed E-state index contributed by atoms with van der Waals surface area (Å²) in [6, 6.07) is 23.2. The lowest BCUT2D eigenvalue weighted by molar-refractivity contribution is -0.138. The van der Waals surface area contributed by atoms with Gasteiger partial charge in [0.15, 0.2) is 0 Å². The number of carbonyl (C=O) groups is 2. The highest BCUT2D eigenvalue weighted by Crippen LogP contribution is 2.25. The van der Waals surface area contributed by atoms with E-state index in [1.54, 1.807) is 49.4 Å².